The van der Waals surface area contributed by atoms with Gasteiger partial charge >= 0.3 is 0 Å². The van der Waals surface area contributed by atoms with Crippen LogP contribution in [0.4, 0.5) is 5.69 Å². The second-order valence-corrected chi connectivity index (χ2v) is 9.15. The molecule has 0 spiro atoms. The molecule has 1 aliphatic carbocycles. The zero-order chi connectivity index (χ0) is 22.0. The Labute approximate surface area is 183 Å². The van der Waals surface area contributed by atoms with Gasteiger partial charge in [0.2, 0.25) is 0 Å². The van der Waals surface area contributed by atoms with Crippen LogP contribution in [0.1, 0.15) is 55.1 Å². The second-order valence-electron chi connectivity index (χ2n) is 9.15. The molecule has 166 valence electrons. The molecule has 3 N–H and O–H groups in total. The number of carbonyl (C=O) groups is 1. The van der Waals surface area contributed by atoms with Gasteiger partial charge in [-0.05, 0) is 56.5 Å². The molecule has 0 aliphatic heterocycles. The van der Waals surface area contributed by atoms with Crippen molar-refractivity contribution >= 4 is 22.5 Å². The molecule has 1 aliphatic rings. The van der Waals surface area contributed by atoms with Crippen molar-refractivity contribution in [3.05, 3.63) is 47.9 Å². The van der Waals surface area contributed by atoms with Gasteiger partial charge in [-0.1, -0.05) is 31.9 Å². The van der Waals surface area contributed by atoms with Gasteiger partial charge in [0, 0.05) is 23.6 Å². The van der Waals surface area contributed by atoms with E-state index in [0.29, 0.717) is 24.5 Å². The third-order valence-corrected chi connectivity index (χ3v) is 6.58. The number of anilines is 1. The lowest BCUT2D eigenvalue weighted by molar-refractivity contribution is 0.102. The van der Waals surface area contributed by atoms with Gasteiger partial charge in [-0.3, -0.25) is 9.48 Å². The molecule has 1 saturated carbocycles. The fourth-order valence-corrected chi connectivity index (χ4v) is 4.90. The molecule has 0 bridgehead atoms. The third-order valence-electron chi connectivity index (χ3n) is 6.58. The largest absolute Gasteiger partial charge is 0.390 e. The number of hydrogen-bond acceptors (Lipinski definition) is 4. The van der Waals surface area contributed by atoms with Gasteiger partial charge in [0.1, 0.15) is 5.69 Å². The number of hydrogen-bond donors (Lipinski definition) is 3. The van der Waals surface area contributed by atoms with E-state index in [-0.39, 0.29) is 11.3 Å². The van der Waals surface area contributed by atoms with Crippen molar-refractivity contribution in [2.75, 3.05) is 26.0 Å². The zero-order valence-electron chi connectivity index (χ0n) is 18.7. The van der Waals surface area contributed by atoms with E-state index in [0.717, 1.165) is 17.3 Å². The Hall–Kier alpha value is -2.64. The van der Waals surface area contributed by atoms with Crippen molar-refractivity contribution in [3.8, 4) is 0 Å². The summed E-state index contributed by atoms with van der Waals surface area (Å²) in [7, 11) is 3.83. The zero-order valence-corrected chi connectivity index (χ0v) is 18.7. The Bertz CT molecular complexity index is 1050. The number of nitrogens with zero attached hydrogens (tertiary/aromatic N) is 3. The van der Waals surface area contributed by atoms with Crippen molar-refractivity contribution in [2.24, 2.45) is 0 Å². The minimum Gasteiger partial charge on any atom is -0.390 e. The monoisotopic (exact) mass is 423 g/mol. The number of nitrogens with one attached hydrogen (secondary N) is 2. The van der Waals surface area contributed by atoms with Gasteiger partial charge in [-0.25, -0.2) is 0 Å². The number of likely N-dealkylation sites (N-methyl/N-ethyl adjacent to an activating group) is 1. The first kappa shape index (κ1) is 21.6. The minimum atomic E-state index is -0.521. The van der Waals surface area contributed by atoms with Crippen LogP contribution in [0.5, 0.6) is 0 Å². The number of aromatic nitrogens is 3. The summed E-state index contributed by atoms with van der Waals surface area (Å²) in [6.45, 7) is 3.21. The van der Waals surface area contributed by atoms with Crippen LogP contribution >= 0.6 is 0 Å². The van der Waals surface area contributed by atoms with Crippen LogP contribution in [0.25, 0.3) is 10.9 Å². The molecular formula is C24H33N5O2. The Morgan fingerprint density at radius 2 is 2.10 bits per heavy atom. The standard InChI is InChI=1S/C24H33N5O2/c1-4-24(9-5-6-10-24)18-8-7-17-11-22(27-21(17)12-18)23(31)26-19-13-25-29(14-19)16-20(30)15-28(2)3/h7-8,11-14,20,27,30H,4-6,9-10,15-16H2,1-3H3,(H,26,31). The van der Waals surface area contributed by atoms with E-state index in [1.165, 1.54) is 31.2 Å². The number of aromatic amines is 1. The molecular weight excluding hydrogens is 390 g/mol. The first-order valence-corrected chi connectivity index (χ1v) is 11.2. The van der Waals surface area contributed by atoms with E-state index in [4.69, 9.17) is 0 Å². The predicted octanol–water partition coefficient (Wildman–Crippen LogP) is 3.76. The molecule has 31 heavy (non-hydrogen) atoms. The highest BCUT2D eigenvalue weighted by atomic mass is 16.3. The fraction of sp³-hybridized carbons (Fsp3) is 0.500. The highest BCUT2D eigenvalue weighted by molar-refractivity contribution is 6.05. The molecule has 7 nitrogen and oxygen atoms in total. The van der Waals surface area contributed by atoms with E-state index in [1.54, 1.807) is 17.1 Å². The number of carbonyl (C=O) groups excluding carboxylic acids is 1. The molecule has 2 heterocycles. The summed E-state index contributed by atoms with van der Waals surface area (Å²) in [5.74, 6) is -0.197. The first-order chi connectivity index (χ1) is 14.9. The van der Waals surface area contributed by atoms with Crippen molar-refractivity contribution in [2.45, 2.75) is 57.1 Å². The summed E-state index contributed by atoms with van der Waals surface area (Å²) in [5.41, 5.74) is 3.81. The van der Waals surface area contributed by atoms with Crippen LogP contribution in [0.2, 0.25) is 0 Å². The normalized spacial score (nSPS) is 16.8. The Morgan fingerprint density at radius 3 is 2.81 bits per heavy atom. The molecule has 3 aromatic rings. The summed E-state index contributed by atoms with van der Waals surface area (Å²) >= 11 is 0. The number of benzene rings is 1. The predicted molar refractivity (Wildman–Crippen MR) is 123 cm³/mol. The molecule has 1 unspecified atom stereocenters. The molecule has 2 aromatic heterocycles. The van der Waals surface area contributed by atoms with E-state index in [1.807, 2.05) is 25.1 Å². The lowest BCUT2D eigenvalue weighted by Gasteiger charge is -2.28. The highest BCUT2D eigenvalue weighted by Gasteiger charge is 2.33. The quantitative estimate of drug-likeness (QED) is 0.515. The smallest absolute Gasteiger partial charge is 0.272 e. The summed E-state index contributed by atoms with van der Waals surface area (Å²) in [6.07, 6.45) is 9.06. The van der Waals surface area contributed by atoms with Crippen LogP contribution in [0.3, 0.4) is 0 Å². The molecule has 1 fully saturated rings. The summed E-state index contributed by atoms with van der Waals surface area (Å²) in [4.78, 5) is 18.0. The molecule has 0 radical (unpaired) electrons. The summed E-state index contributed by atoms with van der Waals surface area (Å²) in [6, 6.07) is 8.48. The molecule has 1 atom stereocenters. The lowest BCUT2D eigenvalue weighted by Crippen LogP contribution is -2.29. The molecule has 1 aromatic carbocycles. The topological polar surface area (TPSA) is 86.2 Å². The van der Waals surface area contributed by atoms with Crippen molar-refractivity contribution < 1.29 is 9.90 Å². The van der Waals surface area contributed by atoms with Crippen LogP contribution < -0.4 is 5.32 Å². The van der Waals surface area contributed by atoms with Gasteiger partial charge in [0.15, 0.2) is 0 Å². The van der Waals surface area contributed by atoms with E-state index in [9.17, 15) is 9.90 Å². The fourth-order valence-electron chi connectivity index (χ4n) is 4.90. The van der Waals surface area contributed by atoms with Gasteiger partial charge < -0.3 is 20.3 Å². The summed E-state index contributed by atoms with van der Waals surface area (Å²) < 4.78 is 1.65. The Balaban J connectivity index is 1.46. The van der Waals surface area contributed by atoms with Gasteiger partial charge in [-0.15, -0.1) is 0 Å². The maximum absolute atomic E-state index is 12.8. The van der Waals surface area contributed by atoms with Crippen molar-refractivity contribution in [1.29, 1.82) is 0 Å². The maximum atomic E-state index is 12.8. The SMILES string of the molecule is CCC1(c2ccc3cc(C(=O)Nc4cnn(CC(O)CN(C)C)c4)[nH]c3c2)CCCC1. The Kier molecular flexibility index (Phi) is 6.16. The number of aliphatic hydroxyl groups is 1. The lowest BCUT2D eigenvalue weighted by atomic mass is 9.76. The number of H-pyrrole nitrogens is 1. The number of amides is 1. The first-order valence-electron chi connectivity index (χ1n) is 11.2. The van der Waals surface area contributed by atoms with Crippen LogP contribution in [0, 0.1) is 0 Å². The van der Waals surface area contributed by atoms with Crippen molar-refractivity contribution in [3.63, 3.8) is 0 Å². The van der Waals surface area contributed by atoms with Crippen LogP contribution in [-0.2, 0) is 12.0 Å². The second kappa shape index (κ2) is 8.85. The van der Waals surface area contributed by atoms with Crippen LogP contribution in [0.15, 0.2) is 36.7 Å². The van der Waals surface area contributed by atoms with Crippen LogP contribution in [-0.4, -0.2) is 57.4 Å². The molecule has 7 heteroatoms. The van der Waals surface area contributed by atoms with Gasteiger partial charge in [0.05, 0.1) is 24.5 Å². The summed E-state index contributed by atoms with van der Waals surface area (Å²) in [5, 5.41) is 18.2. The average molecular weight is 424 g/mol. The van der Waals surface area contributed by atoms with Gasteiger partial charge in [-0.2, -0.15) is 5.10 Å². The van der Waals surface area contributed by atoms with E-state index < -0.39 is 6.10 Å². The molecule has 4 rings (SSSR count). The molecule has 0 saturated heterocycles. The van der Waals surface area contributed by atoms with E-state index >= 15 is 0 Å². The Morgan fingerprint density at radius 1 is 1.32 bits per heavy atom. The molecule has 1 amide bonds. The van der Waals surface area contributed by atoms with Crippen molar-refractivity contribution in [1.82, 2.24) is 19.7 Å². The third kappa shape index (κ3) is 4.67. The average Bonchev–Trinajstić information content (AvgIpc) is 3.46. The van der Waals surface area contributed by atoms with Gasteiger partial charge in [0.25, 0.3) is 5.91 Å². The number of fused-ring (bicyclic) bond motifs is 1. The highest BCUT2D eigenvalue weighted by Crippen LogP contribution is 2.44. The maximum Gasteiger partial charge on any atom is 0.272 e. The number of aliphatic hydroxyl groups excluding tert-OH is 1. The minimum absolute atomic E-state index is 0.197. The number of rotatable bonds is 8. The van der Waals surface area contributed by atoms with E-state index in [2.05, 4.69) is 40.5 Å².